The number of benzene rings is 1. The lowest BCUT2D eigenvalue weighted by Gasteiger charge is -2.26. The first-order valence-electron chi connectivity index (χ1n) is 9.96. The predicted molar refractivity (Wildman–Crippen MR) is 108 cm³/mol. The molecular formula is C21H25N3O4S. The van der Waals surface area contributed by atoms with Gasteiger partial charge in [0.25, 0.3) is 5.88 Å². The molecule has 7 nitrogen and oxygen atoms in total. The van der Waals surface area contributed by atoms with Crippen molar-refractivity contribution in [3.8, 4) is 11.6 Å². The topological polar surface area (TPSA) is 80.8 Å². The van der Waals surface area contributed by atoms with E-state index in [4.69, 9.17) is 9.47 Å². The third kappa shape index (κ3) is 4.10. The number of rotatable bonds is 6. The number of hydrogen-bond donors (Lipinski definition) is 1. The van der Waals surface area contributed by atoms with E-state index in [0.29, 0.717) is 42.5 Å². The number of sulfonamides is 1. The number of aromatic nitrogens is 1. The number of pyridine rings is 1. The average Bonchev–Trinajstić information content (AvgIpc) is 3.17. The van der Waals surface area contributed by atoms with Gasteiger partial charge < -0.3 is 9.47 Å². The highest BCUT2D eigenvalue weighted by atomic mass is 32.2. The van der Waals surface area contributed by atoms with E-state index in [1.807, 2.05) is 12.1 Å². The first-order chi connectivity index (χ1) is 14.0. The van der Waals surface area contributed by atoms with Gasteiger partial charge in [0.15, 0.2) is 11.9 Å². The molecule has 8 heteroatoms. The third-order valence-electron chi connectivity index (χ3n) is 6.17. The fourth-order valence-corrected chi connectivity index (χ4v) is 5.08. The van der Waals surface area contributed by atoms with Gasteiger partial charge in [-0.2, -0.15) is 0 Å². The molecule has 1 N–H and O–H groups in total. The van der Waals surface area contributed by atoms with Crippen molar-refractivity contribution in [1.82, 2.24) is 14.6 Å². The van der Waals surface area contributed by atoms with Crippen molar-refractivity contribution in [1.29, 1.82) is 0 Å². The summed E-state index contributed by atoms with van der Waals surface area (Å²) < 4.78 is 36.9. The normalized spacial score (nSPS) is 28.2. The van der Waals surface area contributed by atoms with Crippen LogP contribution < -0.4 is 14.2 Å². The standard InChI is InChI=1S/C21H25N3O4S/c1-29(25,26)23-9-16-17-11-24(12-18(16)17)10-14-4-6-15(7-5-14)20-13-27-19-3-2-8-22-21(19)28-20/h2-8,16-18,20,23H,9-13H2,1H3/t16?,17-,18?,20+/m0/s1. The lowest BCUT2D eigenvalue weighted by atomic mass is 10.1. The summed E-state index contributed by atoms with van der Waals surface area (Å²) in [6, 6.07) is 12.2. The van der Waals surface area contributed by atoms with Crippen LogP contribution in [0.1, 0.15) is 17.2 Å². The summed E-state index contributed by atoms with van der Waals surface area (Å²) in [5, 5.41) is 0. The summed E-state index contributed by atoms with van der Waals surface area (Å²) in [5.74, 6) is 3.00. The molecule has 0 radical (unpaired) electrons. The quantitative estimate of drug-likeness (QED) is 0.775. The molecule has 2 aromatic rings. The summed E-state index contributed by atoms with van der Waals surface area (Å²) in [5.41, 5.74) is 2.36. The first kappa shape index (κ1) is 18.8. The fraction of sp³-hybridized carbons (Fsp3) is 0.476. The van der Waals surface area contributed by atoms with Gasteiger partial charge in [0.05, 0.1) is 6.26 Å². The van der Waals surface area contributed by atoms with E-state index in [1.165, 1.54) is 11.8 Å². The van der Waals surface area contributed by atoms with Crippen LogP contribution in [0.2, 0.25) is 0 Å². The molecule has 1 aromatic heterocycles. The Morgan fingerprint density at radius 2 is 1.93 bits per heavy atom. The Labute approximate surface area is 171 Å². The number of ether oxygens (including phenoxy) is 2. The number of nitrogens with one attached hydrogen (secondary N) is 1. The van der Waals surface area contributed by atoms with Crippen molar-refractivity contribution < 1.29 is 17.9 Å². The van der Waals surface area contributed by atoms with E-state index in [-0.39, 0.29) is 6.10 Å². The molecule has 5 rings (SSSR count). The van der Waals surface area contributed by atoms with Gasteiger partial charge >= 0.3 is 0 Å². The second-order valence-electron chi connectivity index (χ2n) is 8.27. The van der Waals surface area contributed by atoms with Gasteiger partial charge in [-0.15, -0.1) is 0 Å². The molecule has 2 aliphatic heterocycles. The summed E-state index contributed by atoms with van der Waals surface area (Å²) in [6.07, 6.45) is 2.78. The molecule has 154 valence electrons. The average molecular weight is 416 g/mol. The van der Waals surface area contributed by atoms with Gasteiger partial charge in [-0.1, -0.05) is 24.3 Å². The Hall–Kier alpha value is -2.16. The largest absolute Gasteiger partial charge is 0.484 e. The number of nitrogens with zero attached hydrogens (tertiary/aromatic N) is 2. The maximum atomic E-state index is 11.2. The molecule has 2 fully saturated rings. The van der Waals surface area contributed by atoms with Crippen LogP contribution in [0.3, 0.4) is 0 Å². The maximum absolute atomic E-state index is 11.2. The van der Waals surface area contributed by atoms with Crippen molar-refractivity contribution >= 4 is 10.0 Å². The highest BCUT2D eigenvalue weighted by Crippen LogP contribution is 2.51. The molecule has 2 unspecified atom stereocenters. The molecular weight excluding hydrogens is 390 g/mol. The van der Waals surface area contributed by atoms with Crippen molar-refractivity contribution in [3.63, 3.8) is 0 Å². The van der Waals surface area contributed by atoms with Gasteiger partial charge in [-0.25, -0.2) is 18.1 Å². The monoisotopic (exact) mass is 415 g/mol. The van der Waals surface area contributed by atoms with E-state index >= 15 is 0 Å². The molecule has 3 aliphatic rings. The lowest BCUT2D eigenvalue weighted by Crippen LogP contribution is -2.29. The Bertz CT molecular complexity index is 983. The molecule has 0 amide bonds. The Morgan fingerprint density at radius 1 is 1.17 bits per heavy atom. The number of piperidine rings is 1. The molecule has 1 aliphatic carbocycles. The second-order valence-corrected chi connectivity index (χ2v) is 10.1. The zero-order valence-electron chi connectivity index (χ0n) is 16.3. The van der Waals surface area contributed by atoms with Crippen molar-refractivity contribution in [2.45, 2.75) is 12.6 Å². The zero-order chi connectivity index (χ0) is 20.0. The molecule has 1 aromatic carbocycles. The van der Waals surface area contributed by atoms with Crippen LogP contribution in [0.5, 0.6) is 11.6 Å². The SMILES string of the molecule is CS(=O)(=O)NCC1C2CN(Cc3ccc([C@H]4COc5cccnc5O4)cc3)C[C@@H]12. The van der Waals surface area contributed by atoms with Crippen LogP contribution in [-0.2, 0) is 16.6 Å². The number of likely N-dealkylation sites (tertiary alicyclic amines) is 1. The van der Waals surface area contributed by atoms with Crippen molar-refractivity contribution in [2.75, 3.05) is 32.5 Å². The van der Waals surface area contributed by atoms with Crippen molar-refractivity contribution in [2.24, 2.45) is 17.8 Å². The molecule has 0 bridgehead atoms. The van der Waals surface area contributed by atoms with E-state index in [2.05, 4.69) is 38.9 Å². The van der Waals surface area contributed by atoms with Crippen LogP contribution in [0.15, 0.2) is 42.6 Å². The van der Waals surface area contributed by atoms with E-state index < -0.39 is 10.0 Å². The fourth-order valence-electron chi connectivity index (χ4n) is 4.59. The third-order valence-corrected chi connectivity index (χ3v) is 6.86. The minimum absolute atomic E-state index is 0.144. The van der Waals surface area contributed by atoms with Gasteiger partial charge in [-0.05, 0) is 41.0 Å². The minimum atomic E-state index is -3.09. The zero-order valence-corrected chi connectivity index (χ0v) is 17.1. The Balaban J connectivity index is 1.13. The minimum Gasteiger partial charge on any atom is -0.484 e. The smallest absolute Gasteiger partial charge is 0.257 e. The summed E-state index contributed by atoms with van der Waals surface area (Å²) in [6.45, 7) is 4.08. The van der Waals surface area contributed by atoms with Crippen LogP contribution in [0, 0.1) is 17.8 Å². The number of hydrogen-bond acceptors (Lipinski definition) is 6. The summed E-state index contributed by atoms with van der Waals surface area (Å²) >= 11 is 0. The van der Waals surface area contributed by atoms with Crippen LogP contribution in [0.25, 0.3) is 0 Å². The summed E-state index contributed by atoms with van der Waals surface area (Å²) in [4.78, 5) is 6.69. The van der Waals surface area contributed by atoms with Crippen LogP contribution in [0.4, 0.5) is 0 Å². The molecule has 1 saturated carbocycles. The van der Waals surface area contributed by atoms with Gasteiger partial charge in [0.2, 0.25) is 10.0 Å². The van der Waals surface area contributed by atoms with Gasteiger partial charge in [0.1, 0.15) is 6.61 Å². The Kier molecular flexibility index (Phi) is 4.72. The second kappa shape index (κ2) is 7.27. The molecule has 4 atom stereocenters. The lowest BCUT2D eigenvalue weighted by molar-refractivity contribution is 0.0851. The molecule has 3 heterocycles. The Morgan fingerprint density at radius 3 is 2.66 bits per heavy atom. The number of fused-ring (bicyclic) bond motifs is 2. The summed E-state index contributed by atoms with van der Waals surface area (Å²) in [7, 11) is -3.09. The molecule has 0 spiro atoms. The predicted octanol–water partition coefficient (Wildman–Crippen LogP) is 1.82. The molecule has 1 saturated heterocycles. The van der Waals surface area contributed by atoms with Crippen LogP contribution in [-0.4, -0.2) is 50.8 Å². The first-order valence-corrected chi connectivity index (χ1v) is 11.9. The van der Waals surface area contributed by atoms with Crippen LogP contribution >= 0.6 is 0 Å². The highest BCUT2D eigenvalue weighted by molar-refractivity contribution is 7.88. The highest BCUT2D eigenvalue weighted by Gasteiger charge is 2.55. The van der Waals surface area contributed by atoms with Crippen molar-refractivity contribution in [3.05, 3.63) is 53.7 Å². The molecule has 29 heavy (non-hydrogen) atoms. The van der Waals surface area contributed by atoms with E-state index in [9.17, 15) is 8.42 Å². The van der Waals surface area contributed by atoms with Gasteiger partial charge in [-0.3, -0.25) is 4.90 Å². The van der Waals surface area contributed by atoms with Gasteiger partial charge in [0, 0.05) is 32.4 Å². The van der Waals surface area contributed by atoms with E-state index in [0.717, 1.165) is 25.2 Å². The maximum Gasteiger partial charge on any atom is 0.257 e. The van der Waals surface area contributed by atoms with E-state index in [1.54, 1.807) is 6.20 Å².